The molecular weight excluding hydrogens is 386 g/mol. The number of aromatic nitrogens is 2. The van der Waals surface area contributed by atoms with Gasteiger partial charge in [0, 0.05) is 22.5 Å². The molecular formula is C22H23N3O3S. The van der Waals surface area contributed by atoms with Crippen molar-refractivity contribution in [3.05, 3.63) is 70.7 Å². The molecule has 0 bridgehead atoms. The van der Waals surface area contributed by atoms with Crippen molar-refractivity contribution in [2.75, 3.05) is 21.3 Å². The first-order valence-corrected chi connectivity index (χ1v) is 10.1. The number of nitrogens with zero attached hydrogens (tertiary/aromatic N) is 3. The molecule has 2 heterocycles. The molecule has 0 aliphatic heterocycles. The summed E-state index contributed by atoms with van der Waals surface area (Å²) in [7, 11) is 5.31. The first-order valence-electron chi connectivity index (χ1n) is 9.33. The third-order valence-electron chi connectivity index (χ3n) is 4.63. The van der Waals surface area contributed by atoms with E-state index in [1.165, 1.54) is 15.0 Å². The van der Waals surface area contributed by atoms with Gasteiger partial charge in [-0.15, -0.1) is 11.3 Å². The number of hydrogen-bond acceptors (Lipinski definition) is 7. The van der Waals surface area contributed by atoms with Gasteiger partial charge < -0.3 is 14.0 Å². The fourth-order valence-corrected chi connectivity index (χ4v) is 4.41. The number of ether oxygens (including phenoxy) is 2. The van der Waals surface area contributed by atoms with Crippen molar-refractivity contribution in [2.45, 2.75) is 19.5 Å². The van der Waals surface area contributed by atoms with Gasteiger partial charge in [-0.25, -0.2) is 0 Å². The molecule has 2 aromatic carbocycles. The molecule has 4 aromatic rings. The van der Waals surface area contributed by atoms with Crippen molar-refractivity contribution in [1.29, 1.82) is 0 Å². The molecule has 0 N–H and O–H groups in total. The van der Waals surface area contributed by atoms with Crippen molar-refractivity contribution in [1.82, 2.24) is 15.0 Å². The molecule has 0 saturated heterocycles. The lowest BCUT2D eigenvalue weighted by Crippen LogP contribution is -2.16. The third kappa shape index (κ3) is 4.58. The van der Waals surface area contributed by atoms with E-state index in [2.05, 4.69) is 52.4 Å². The lowest BCUT2D eigenvalue weighted by molar-refractivity contribution is 0.262. The SMILES string of the molecule is COc1ccc(Cc2noc(CN(C)Cc3cc4ccccc4s3)n2)cc1OC. The lowest BCUT2D eigenvalue weighted by Gasteiger charge is -2.12. The Morgan fingerprint density at radius 3 is 2.62 bits per heavy atom. The van der Waals surface area contributed by atoms with Crippen LogP contribution in [0, 0.1) is 0 Å². The van der Waals surface area contributed by atoms with Gasteiger partial charge in [0.05, 0.1) is 20.8 Å². The van der Waals surface area contributed by atoms with E-state index in [0.29, 0.717) is 36.2 Å². The quantitative estimate of drug-likeness (QED) is 0.426. The average molecular weight is 410 g/mol. The first kappa shape index (κ1) is 19.4. The molecule has 29 heavy (non-hydrogen) atoms. The highest BCUT2D eigenvalue weighted by molar-refractivity contribution is 7.19. The van der Waals surface area contributed by atoms with E-state index >= 15 is 0 Å². The Labute approximate surface area is 173 Å². The zero-order chi connectivity index (χ0) is 20.2. The minimum absolute atomic E-state index is 0.573. The van der Waals surface area contributed by atoms with Crippen LogP contribution in [0.25, 0.3) is 10.1 Å². The molecule has 7 heteroatoms. The van der Waals surface area contributed by atoms with Gasteiger partial charge in [-0.2, -0.15) is 4.98 Å². The third-order valence-corrected chi connectivity index (χ3v) is 5.73. The molecule has 6 nitrogen and oxygen atoms in total. The first-order chi connectivity index (χ1) is 14.1. The number of thiophene rings is 1. The van der Waals surface area contributed by atoms with Crippen LogP contribution in [-0.4, -0.2) is 36.3 Å². The Morgan fingerprint density at radius 2 is 1.83 bits per heavy atom. The van der Waals surface area contributed by atoms with Gasteiger partial charge in [0.2, 0.25) is 5.89 Å². The van der Waals surface area contributed by atoms with Crippen LogP contribution >= 0.6 is 11.3 Å². The largest absolute Gasteiger partial charge is 0.493 e. The number of methoxy groups -OCH3 is 2. The van der Waals surface area contributed by atoms with E-state index in [4.69, 9.17) is 14.0 Å². The fourth-order valence-electron chi connectivity index (χ4n) is 3.27. The summed E-state index contributed by atoms with van der Waals surface area (Å²) in [4.78, 5) is 8.04. The molecule has 0 fully saturated rings. The predicted molar refractivity (Wildman–Crippen MR) is 114 cm³/mol. The summed E-state index contributed by atoms with van der Waals surface area (Å²) < 4.78 is 17.4. The summed E-state index contributed by atoms with van der Waals surface area (Å²) in [6, 6.07) is 16.5. The second-order valence-corrected chi connectivity index (χ2v) is 8.06. The Balaban J connectivity index is 1.38. The van der Waals surface area contributed by atoms with Crippen LogP contribution in [0.4, 0.5) is 0 Å². The van der Waals surface area contributed by atoms with Gasteiger partial charge in [0.15, 0.2) is 17.3 Å². The molecule has 150 valence electrons. The Bertz CT molecular complexity index is 1070. The van der Waals surface area contributed by atoms with Crippen LogP contribution in [-0.2, 0) is 19.5 Å². The minimum Gasteiger partial charge on any atom is -0.493 e. The van der Waals surface area contributed by atoms with E-state index in [9.17, 15) is 0 Å². The Hall–Kier alpha value is -2.90. The van der Waals surface area contributed by atoms with Gasteiger partial charge in [-0.05, 0) is 42.3 Å². The van der Waals surface area contributed by atoms with Crippen LogP contribution in [0.3, 0.4) is 0 Å². The predicted octanol–water partition coefficient (Wildman–Crippen LogP) is 4.52. The van der Waals surface area contributed by atoms with Gasteiger partial charge in [0.25, 0.3) is 0 Å². The Kier molecular flexibility index (Phi) is 5.78. The molecule has 0 aliphatic carbocycles. The van der Waals surface area contributed by atoms with E-state index in [1.54, 1.807) is 14.2 Å². The van der Waals surface area contributed by atoms with Gasteiger partial charge >= 0.3 is 0 Å². The summed E-state index contributed by atoms with van der Waals surface area (Å²) in [5.74, 6) is 2.66. The van der Waals surface area contributed by atoms with Crippen LogP contribution in [0.5, 0.6) is 11.5 Å². The van der Waals surface area contributed by atoms with Crippen LogP contribution in [0.1, 0.15) is 22.2 Å². The number of hydrogen-bond donors (Lipinski definition) is 0. The van der Waals surface area contributed by atoms with E-state index in [-0.39, 0.29) is 0 Å². The number of benzene rings is 2. The van der Waals surface area contributed by atoms with E-state index < -0.39 is 0 Å². The minimum atomic E-state index is 0.573. The van der Waals surface area contributed by atoms with Crippen molar-refractivity contribution < 1.29 is 14.0 Å². The van der Waals surface area contributed by atoms with Crippen molar-refractivity contribution in [3.63, 3.8) is 0 Å². The maximum atomic E-state index is 5.45. The molecule has 0 saturated carbocycles. The summed E-state index contributed by atoms with van der Waals surface area (Å²) in [6.07, 6.45) is 0.573. The molecule has 0 spiro atoms. The molecule has 0 aliphatic rings. The fraction of sp³-hybridized carbons (Fsp3) is 0.273. The summed E-state index contributed by atoms with van der Waals surface area (Å²) in [5, 5.41) is 5.41. The molecule has 0 atom stereocenters. The molecule has 0 radical (unpaired) electrons. The van der Waals surface area contributed by atoms with Gasteiger partial charge in [0.1, 0.15) is 0 Å². The molecule has 2 aromatic heterocycles. The maximum absolute atomic E-state index is 5.45. The van der Waals surface area contributed by atoms with Gasteiger partial charge in [-0.3, -0.25) is 4.90 Å². The van der Waals surface area contributed by atoms with Crippen molar-refractivity contribution in [2.24, 2.45) is 0 Å². The zero-order valence-electron chi connectivity index (χ0n) is 16.7. The monoisotopic (exact) mass is 409 g/mol. The highest BCUT2D eigenvalue weighted by Gasteiger charge is 2.13. The lowest BCUT2D eigenvalue weighted by atomic mass is 10.1. The van der Waals surface area contributed by atoms with E-state index in [0.717, 1.165) is 12.1 Å². The summed E-state index contributed by atoms with van der Waals surface area (Å²) in [6.45, 7) is 1.44. The highest BCUT2D eigenvalue weighted by atomic mass is 32.1. The van der Waals surface area contributed by atoms with Crippen molar-refractivity contribution >= 4 is 21.4 Å². The summed E-state index contributed by atoms with van der Waals surface area (Å²) in [5.41, 5.74) is 1.04. The highest BCUT2D eigenvalue weighted by Crippen LogP contribution is 2.28. The van der Waals surface area contributed by atoms with Crippen LogP contribution < -0.4 is 9.47 Å². The normalized spacial score (nSPS) is 11.3. The second kappa shape index (κ2) is 8.63. The molecule has 4 rings (SSSR count). The van der Waals surface area contributed by atoms with E-state index in [1.807, 2.05) is 29.5 Å². The average Bonchev–Trinajstić information content (AvgIpc) is 3.33. The van der Waals surface area contributed by atoms with Crippen LogP contribution in [0.15, 0.2) is 53.1 Å². The zero-order valence-corrected chi connectivity index (χ0v) is 17.5. The topological polar surface area (TPSA) is 60.6 Å². The van der Waals surface area contributed by atoms with Gasteiger partial charge in [-0.1, -0.05) is 29.4 Å². The number of fused-ring (bicyclic) bond motifs is 1. The van der Waals surface area contributed by atoms with Crippen LogP contribution in [0.2, 0.25) is 0 Å². The Morgan fingerprint density at radius 1 is 1.00 bits per heavy atom. The number of rotatable bonds is 8. The molecule has 0 amide bonds. The second-order valence-electron chi connectivity index (χ2n) is 6.89. The van der Waals surface area contributed by atoms with Crippen molar-refractivity contribution in [3.8, 4) is 11.5 Å². The standard InChI is InChI=1S/C22H23N3O3S/c1-25(13-17-12-16-6-4-5-7-20(16)29-17)14-22-23-21(24-28-22)11-15-8-9-18(26-2)19(10-15)27-3/h4-10,12H,11,13-14H2,1-3H3. The smallest absolute Gasteiger partial charge is 0.240 e. The molecule has 0 unspecified atom stereocenters. The maximum Gasteiger partial charge on any atom is 0.240 e. The summed E-state index contributed by atoms with van der Waals surface area (Å²) >= 11 is 1.82.